The van der Waals surface area contributed by atoms with E-state index >= 15 is 0 Å². The van der Waals surface area contributed by atoms with Crippen LogP contribution in [-0.4, -0.2) is 18.5 Å². The minimum atomic E-state index is -0.712. The van der Waals surface area contributed by atoms with Gasteiger partial charge in [-0.1, -0.05) is 130 Å². The Morgan fingerprint density at radius 1 is 0.535 bits per heavy atom. The van der Waals surface area contributed by atoms with Crippen LogP contribution in [0.5, 0.6) is 0 Å². The van der Waals surface area contributed by atoms with Gasteiger partial charge in [-0.15, -0.1) is 0 Å². The van der Waals surface area contributed by atoms with Crippen LogP contribution in [0.15, 0.2) is 130 Å². The molecule has 0 rings (SSSR count). The van der Waals surface area contributed by atoms with Gasteiger partial charge in [0.15, 0.2) is 5.78 Å². The van der Waals surface area contributed by atoms with E-state index in [0.717, 1.165) is 37.7 Å². The van der Waals surface area contributed by atoms with Crippen molar-refractivity contribution in [1.29, 1.82) is 0 Å². The Morgan fingerprint density at radius 3 is 1.44 bits per heavy atom. The number of carbonyl (C=O) groups excluding carboxylic acids is 1. The Kier molecular flexibility index (Phi) is 21.5. The molecule has 0 saturated heterocycles. The number of hydrogen-bond donors (Lipinski definition) is 0. The van der Waals surface area contributed by atoms with Gasteiger partial charge in [0.1, 0.15) is 5.60 Å². The van der Waals surface area contributed by atoms with Gasteiger partial charge in [0.2, 0.25) is 0 Å². The lowest BCUT2D eigenvalue weighted by atomic mass is 9.97. The molecule has 0 aliphatic heterocycles. The third-order valence-corrected chi connectivity index (χ3v) is 7.08. The molecule has 0 aliphatic carbocycles. The van der Waals surface area contributed by atoms with Gasteiger partial charge >= 0.3 is 0 Å². The van der Waals surface area contributed by atoms with Crippen molar-refractivity contribution >= 4 is 5.78 Å². The molecular weight excluding hydrogens is 524 g/mol. The van der Waals surface area contributed by atoms with Gasteiger partial charge in [-0.3, -0.25) is 4.79 Å². The molecule has 0 aromatic heterocycles. The van der Waals surface area contributed by atoms with Crippen molar-refractivity contribution in [2.75, 3.05) is 7.11 Å². The second kappa shape index (κ2) is 23.3. The van der Waals surface area contributed by atoms with Crippen molar-refractivity contribution in [2.45, 2.75) is 113 Å². The fourth-order valence-electron chi connectivity index (χ4n) is 3.79. The Morgan fingerprint density at radius 2 is 0.953 bits per heavy atom. The summed E-state index contributed by atoms with van der Waals surface area (Å²) < 4.78 is 5.27. The molecule has 0 unspecified atom stereocenters. The Labute approximate surface area is 265 Å². The topological polar surface area (TPSA) is 26.3 Å². The fourth-order valence-corrected chi connectivity index (χ4v) is 3.79. The molecule has 0 N–H and O–H groups in total. The molecular formula is C41H60O2. The van der Waals surface area contributed by atoms with Crippen molar-refractivity contribution in [1.82, 2.24) is 0 Å². The number of ether oxygens (including phenoxy) is 1. The molecule has 0 atom stereocenters. The van der Waals surface area contributed by atoms with Crippen LogP contribution < -0.4 is 0 Å². The normalized spacial score (nSPS) is 15.1. The third-order valence-electron chi connectivity index (χ3n) is 7.08. The Hall–Kier alpha value is -3.23. The van der Waals surface area contributed by atoms with Gasteiger partial charge in [0.05, 0.1) is 0 Å². The van der Waals surface area contributed by atoms with E-state index in [1.165, 1.54) is 33.4 Å². The molecule has 0 radical (unpaired) electrons. The van der Waals surface area contributed by atoms with Crippen LogP contribution in [0.4, 0.5) is 0 Å². The molecule has 0 bridgehead atoms. The van der Waals surface area contributed by atoms with Crippen LogP contribution in [-0.2, 0) is 9.53 Å². The predicted octanol–water partition coefficient (Wildman–Crippen LogP) is 12.2. The summed E-state index contributed by atoms with van der Waals surface area (Å²) in [4.78, 5) is 12.2. The molecule has 2 heteroatoms. The molecule has 0 saturated carbocycles. The monoisotopic (exact) mass is 584 g/mol. The lowest BCUT2D eigenvalue weighted by Crippen LogP contribution is -2.33. The zero-order valence-electron chi connectivity index (χ0n) is 29.2. The minimum absolute atomic E-state index is 0.128. The maximum atomic E-state index is 12.2. The number of ketones is 1. The number of carbonyl (C=O) groups is 1. The van der Waals surface area contributed by atoms with Crippen LogP contribution >= 0.6 is 0 Å². The summed E-state index contributed by atoms with van der Waals surface area (Å²) in [6.45, 7) is 20.8. The lowest BCUT2D eigenvalue weighted by molar-refractivity contribution is -0.137. The van der Waals surface area contributed by atoms with Gasteiger partial charge < -0.3 is 4.74 Å². The summed E-state index contributed by atoms with van der Waals surface area (Å²) in [5.74, 6) is 0.128. The fraction of sp³-hybridized carbons (Fsp3) is 0.439. The summed E-state index contributed by atoms with van der Waals surface area (Å²) in [5.41, 5.74) is 8.32. The van der Waals surface area contributed by atoms with E-state index in [0.29, 0.717) is 6.42 Å². The summed E-state index contributed by atoms with van der Waals surface area (Å²) in [6, 6.07) is 0. The van der Waals surface area contributed by atoms with Gasteiger partial charge in [-0.2, -0.15) is 0 Å². The first-order valence-electron chi connectivity index (χ1n) is 15.7. The molecule has 0 aliphatic rings. The van der Waals surface area contributed by atoms with Crippen LogP contribution in [0.2, 0.25) is 0 Å². The number of methoxy groups -OCH3 is 1. The largest absolute Gasteiger partial charge is 0.371 e. The highest BCUT2D eigenvalue weighted by molar-refractivity contribution is 5.86. The summed E-state index contributed by atoms with van der Waals surface area (Å²) >= 11 is 0. The van der Waals surface area contributed by atoms with E-state index in [4.69, 9.17) is 4.74 Å². The molecule has 43 heavy (non-hydrogen) atoms. The average Bonchev–Trinajstić information content (AvgIpc) is 2.93. The number of rotatable bonds is 19. The lowest BCUT2D eigenvalue weighted by Gasteiger charge is -2.20. The quantitative estimate of drug-likeness (QED) is 0.111. The Bertz CT molecular complexity index is 1190. The van der Waals surface area contributed by atoms with E-state index in [1.54, 1.807) is 7.11 Å². The predicted molar refractivity (Wildman–Crippen MR) is 192 cm³/mol. The average molecular weight is 585 g/mol. The molecule has 0 heterocycles. The van der Waals surface area contributed by atoms with E-state index in [1.807, 2.05) is 19.9 Å². The van der Waals surface area contributed by atoms with Crippen LogP contribution in [0.3, 0.4) is 0 Å². The van der Waals surface area contributed by atoms with Gasteiger partial charge in [-0.05, 0) is 101 Å². The first-order valence-corrected chi connectivity index (χ1v) is 15.7. The molecule has 0 fully saturated rings. The SMILES string of the molecule is COC(C)(C)C(=O)CC/C(C)=C/C=C/C(C)=C/C=C/C(C)=C/C=C/C=C(C)/C=C/C=C(\C)CC/C=C(\C)CCC=C(C)C. The minimum Gasteiger partial charge on any atom is -0.371 e. The second-order valence-corrected chi connectivity index (χ2v) is 12.3. The standard InChI is InChI=1S/C41H60O2/c1-33(2)19-14-22-36(5)25-17-28-37(6)26-15-23-34(3)20-12-13-21-35(4)24-16-27-38(7)29-18-30-39(8)31-32-40(42)41(9,10)43-11/h12-13,15-16,18-21,23-27,29-30H,14,17,22,28,31-32H2,1-11H3/b13-12+,23-15+,24-16+,29-18+,34-20+,35-21+,36-25+,37-26+,38-27+,39-30+. The van der Waals surface area contributed by atoms with E-state index < -0.39 is 5.60 Å². The van der Waals surface area contributed by atoms with Gasteiger partial charge in [0.25, 0.3) is 0 Å². The van der Waals surface area contributed by atoms with Crippen molar-refractivity contribution in [2.24, 2.45) is 0 Å². The van der Waals surface area contributed by atoms with E-state index in [-0.39, 0.29) is 5.78 Å². The van der Waals surface area contributed by atoms with Crippen LogP contribution in [0, 0.1) is 0 Å². The third kappa shape index (κ3) is 23.0. The second-order valence-electron chi connectivity index (χ2n) is 12.3. The summed E-state index contributed by atoms with van der Waals surface area (Å²) in [5, 5.41) is 0. The molecule has 2 nitrogen and oxygen atoms in total. The smallest absolute Gasteiger partial charge is 0.164 e. The van der Waals surface area contributed by atoms with Crippen LogP contribution in [0.25, 0.3) is 0 Å². The summed E-state index contributed by atoms with van der Waals surface area (Å²) in [6.07, 6.45) is 37.8. The molecule has 0 spiro atoms. The highest BCUT2D eigenvalue weighted by Crippen LogP contribution is 2.16. The maximum absolute atomic E-state index is 12.2. The zero-order valence-corrected chi connectivity index (χ0v) is 29.2. The molecule has 236 valence electrons. The zero-order chi connectivity index (χ0) is 32.7. The summed E-state index contributed by atoms with van der Waals surface area (Å²) in [7, 11) is 1.58. The molecule has 0 aromatic rings. The van der Waals surface area contributed by atoms with Crippen molar-refractivity contribution in [3.8, 4) is 0 Å². The van der Waals surface area contributed by atoms with Crippen molar-refractivity contribution < 1.29 is 9.53 Å². The molecule has 0 aromatic carbocycles. The molecule has 0 amide bonds. The highest BCUT2D eigenvalue weighted by Gasteiger charge is 2.25. The highest BCUT2D eigenvalue weighted by atomic mass is 16.5. The maximum Gasteiger partial charge on any atom is 0.164 e. The number of Topliss-reactive ketones (excluding diaryl/α,β-unsaturated/α-hetero) is 1. The van der Waals surface area contributed by atoms with Gasteiger partial charge in [-0.25, -0.2) is 0 Å². The van der Waals surface area contributed by atoms with Crippen LogP contribution in [0.1, 0.15) is 108 Å². The number of allylic oxidation sites excluding steroid dienone is 22. The van der Waals surface area contributed by atoms with E-state index in [9.17, 15) is 4.79 Å². The first-order chi connectivity index (χ1) is 20.3. The Balaban J connectivity index is 4.66. The number of hydrogen-bond acceptors (Lipinski definition) is 2. The van der Waals surface area contributed by atoms with E-state index in [2.05, 4.69) is 140 Å². The van der Waals surface area contributed by atoms with Crippen molar-refractivity contribution in [3.05, 3.63) is 130 Å². The van der Waals surface area contributed by atoms with Crippen molar-refractivity contribution in [3.63, 3.8) is 0 Å². The van der Waals surface area contributed by atoms with Gasteiger partial charge in [0, 0.05) is 13.5 Å². The first kappa shape index (κ1) is 39.8.